The minimum absolute atomic E-state index is 0.00366. The highest BCUT2D eigenvalue weighted by molar-refractivity contribution is 7.86. The molecule has 0 radical (unpaired) electrons. The van der Waals surface area contributed by atoms with Gasteiger partial charge in [0.1, 0.15) is 11.1 Å². The van der Waals surface area contributed by atoms with Crippen LogP contribution < -0.4 is 0 Å². The molecule has 2 aromatic carbocycles. The Hall–Kier alpha value is -1.61. The van der Waals surface area contributed by atoms with Gasteiger partial charge in [0.15, 0.2) is 5.78 Å². The molecule has 2 aromatic rings. The van der Waals surface area contributed by atoms with Crippen LogP contribution in [0.25, 0.3) is 0 Å². The maximum absolute atomic E-state index is 14.3. The van der Waals surface area contributed by atoms with Crippen LogP contribution in [0.1, 0.15) is 33.5 Å². The zero-order valence-corrected chi connectivity index (χ0v) is 20.2. The second kappa shape index (κ2) is 8.87. The van der Waals surface area contributed by atoms with Crippen molar-refractivity contribution in [1.29, 1.82) is 0 Å². The van der Waals surface area contributed by atoms with Crippen LogP contribution in [0.2, 0.25) is 10.0 Å². The van der Waals surface area contributed by atoms with Crippen molar-refractivity contribution in [2.75, 3.05) is 11.5 Å². The van der Waals surface area contributed by atoms with Gasteiger partial charge in [-0.15, -0.1) is 11.6 Å². The number of hydrogen-bond acceptors (Lipinski definition) is 4. The molecular weight excluding hydrogens is 522 g/mol. The third-order valence-corrected chi connectivity index (χ3v) is 8.37. The summed E-state index contributed by atoms with van der Waals surface area (Å²) in [6.07, 6.45) is -4.66. The van der Waals surface area contributed by atoms with E-state index in [1.165, 1.54) is 12.1 Å². The van der Waals surface area contributed by atoms with E-state index < -0.39 is 28.0 Å². The fourth-order valence-electron chi connectivity index (χ4n) is 4.03. The van der Waals surface area contributed by atoms with Gasteiger partial charge in [0.05, 0.1) is 0 Å². The van der Waals surface area contributed by atoms with Gasteiger partial charge in [0.2, 0.25) is 0 Å². The Morgan fingerprint density at radius 1 is 1.18 bits per heavy atom. The van der Waals surface area contributed by atoms with Gasteiger partial charge in [-0.05, 0) is 42.7 Å². The van der Waals surface area contributed by atoms with Crippen molar-refractivity contribution in [3.63, 3.8) is 0 Å². The number of hydrogen-bond donors (Lipinski definition) is 0. The molecule has 176 valence electrons. The monoisotopic (exact) mass is 537 g/mol. The number of benzene rings is 2. The number of alkyl halides is 4. The first-order valence-corrected chi connectivity index (χ1v) is 12.5. The standard InChI is InChI=1S/C22H17Cl3F3NO3S/c1-11-4-13(2-3-17(11)18(30)5-12-9-33(31)10-12)19-20(25)21(32-29-19,22(26,27)28)14-6-15(23)8-16(24)7-14/h2-4,6-8,12,20H,5,9-10H2,1H3. The molecule has 2 aliphatic heterocycles. The van der Waals surface area contributed by atoms with E-state index in [4.69, 9.17) is 39.6 Å². The fraction of sp³-hybridized carbons (Fsp3) is 0.364. The Balaban J connectivity index is 1.64. The molecule has 33 heavy (non-hydrogen) atoms. The lowest BCUT2D eigenvalue weighted by Crippen LogP contribution is -2.50. The van der Waals surface area contributed by atoms with Crippen LogP contribution in [0.5, 0.6) is 0 Å². The van der Waals surface area contributed by atoms with Crippen LogP contribution in [0.4, 0.5) is 13.2 Å². The van der Waals surface area contributed by atoms with E-state index in [9.17, 15) is 22.2 Å². The number of nitrogens with zero attached hydrogens (tertiary/aromatic N) is 1. The van der Waals surface area contributed by atoms with Gasteiger partial charge in [-0.3, -0.25) is 9.00 Å². The number of rotatable bonds is 5. The summed E-state index contributed by atoms with van der Waals surface area (Å²) in [5, 5.41) is 1.95. The van der Waals surface area contributed by atoms with Crippen LogP contribution in [0, 0.1) is 12.8 Å². The molecule has 1 saturated heterocycles. The summed E-state index contributed by atoms with van der Waals surface area (Å²) in [5.41, 5.74) is -2.16. The summed E-state index contributed by atoms with van der Waals surface area (Å²) in [4.78, 5) is 17.6. The third-order valence-electron chi connectivity index (χ3n) is 5.74. The summed E-state index contributed by atoms with van der Waals surface area (Å²) >= 11 is 18.2. The largest absolute Gasteiger partial charge is 0.437 e. The Labute approximate surface area is 205 Å². The van der Waals surface area contributed by atoms with E-state index in [0.717, 1.165) is 12.1 Å². The highest BCUT2D eigenvalue weighted by Gasteiger charge is 2.68. The topological polar surface area (TPSA) is 55.7 Å². The Morgan fingerprint density at radius 2 is 1.82 bits per heavy atom. The van der Waals surface area contributed by atoms with Crippen LogP contribution in [-0.4, -0.2) is 38.8 Å². The van der Waals surface area contributed by atoms with E-state index in [0.29, 0.717) is 28.2 Å². The van der Waals surface area contributed by atoms with Crippen LogP contribution in [-0.2, 0) is 21.2 Å². The lowest BCUT2D eigenvalue weighted by molar-refractivity contribution is -0.274. The molecule has 0 amide bonds. The molecule has 0 aromatic heterocycles. The summed E-state index contributed by atoms with van der Waals surface area (Å²) in [5.74, 6) is 1.01. The van der Waals surface area contributed by atoms with Crippen molar-refractivity contribution in [3.8, 4) is 0 Å². The van der Waals surface area contributed by atoms with Gasteiger partial charge in [0, 0.05) is 55.5 Å². The molecule has 11 heteroatoms. The molecule has 0 spiro atoms. The van der Waals surface area contributed by atoms with Gasteiger partial charge in [-0.2, -0.15) is 13.2 Å². The van der Waals surface area contributed by atoms with E-state index >= 15 is 0 Å². The zero-order valence-electron chi connectivity index (χ0n) is 17.1. The highest BCUT2D eigenvalue weighted by Crippen LogP contribution is 2.51. The molecule has 2 aliphatic rings. The van der Waals surface area contributed by atoms with Crippen molar-refractivity contribution < 1.29 is 27.0 Å². The molecule has 2 unspecified atom stereocenters. The van der Waals surface area contributed by atoms with Gasteiger partial charge >= 0.3 is 6.18 Å². The Kier molecular flexibility index (Phi) is 6.59. The summed E-state index contributed by atoms with van der Waals surface area (Å²) < 4.78 is 54.2. The number of carbonyl (C=O) groups excluding carboxylic acids is 1. The van der Waals surface area contributed by atoms with E-state index in [2.05, 4.69) is 5.16 Å². The minimum Gasteiger partial charge on any atom is -0.372 e. The molecule has 0 saturated carbocycles. The van der Waals surface area contributed by atoms with Crippen molar-refractivity contribution in [1.82, 2.24) is 0 Å². The predicted octanol–water partition coefficient (Wildman–Crippen LogP) is 6.05. The lowest BCUT2D eigenvalue weighted by atomic mass is 9.85. The minimum atomic E-state index is -4.94. The van der Waals surface area contributed by atoms with Crippen molar-refractivity contribution >= 4 is 57.1 Å². The van der Waals surface area contributed by atoms with Crippen molar-refractivity contribution in [2.45, 2.75) is 30.5 Å². The maximum atomic E-state index is 14.3. The van der Waals surface area contributed by atoms with Gasteiger partial charge in [-0.25, -0.2) is 0 Å². The molecule has 4 rings (SSSR count). The van der Waals surface area contributed by atoms with Crippen LogP contribution in [0.3, 0.4) is 0 Å². The maximum Gasteiger partial charge on any atom is 0.437 e. The first-order chi connectivity index (χ1) is 15.4. The smallest absolute Gasteiger partial charge is 0.372 e. The molecule has 2 heterocycles. The summed E-state index contributed by atoms with van der Waals surface area (Å²) in [6, 6.07) is 8.08. The van der Waals surface area contributed by atoms with Crippen molar-refractivity contribution in [2.24, 2.45) is 11.1 Å². The third kappa shape index (κ3) is 4.43. The first-order valence-electron chi connectivity index (χ1n) is 9.85. The molecule has 0 bridgehead atoms. The second-order valence-corrected chi connectivity index (χ2v) is 11.0. The zero-order chi connectivity index (χ0) is 24.1. The van der Waals surface area contributed by atoms with Gasteiger partial charge in [-0.1, -0.05) is 40.5 Å². The molecule has 0 aliphatic carbocycles. The van der Waals surface area contributed by atoms with Crippen LogP contribution >= 0.6 is 34.8 Å². The molecular formula is C22H17Cl3F3NO3S. The van der Waals surface area contributed by atoms with E-state index in [-0.39, 0.29) is 39.4 Å². The van der Waals surface area contributed by atoms with Crippen LogP contribution in [0.15, 0.2) is 41.6 Å². The SMILES string of the molecule is Cc1cc(C2=NOC(c3cc(Cl)cc(Cl)c3)(C(F)(F)F)C2Cl)ccc1C(=O)CC1CS(=O)C1. The number of halogens is 6. The second-order valence-electron chi connectivity index (χ2n) is 8.12. The first kappa shape index (κ1) is 24.5. The summed E-state index contributed by atoms with van der Waals surface area (Å²) in [7, 11) is -0.848. The van der Waals surface area contributed by atoms with E-state index in [1.807, 2.05) is 0 Å². The molecule has 2 atom stereocenters. The number of carbonyl (C=O) groups is 1. The number of aryl methyl sites for hydroxylation is 1. The number of oxime groups is 1. The van der Waals surface area contributed by atoms with E-state index in [1.54, 1.807) is 19.1 Å². The summed E-state index contributed by atoms with van der Waals surface area (Å²) in [6.45, 7) is 1.68. The Bertz CT molecular complexity index is 1160. The lowest BCUT2D eigenvalue weighted by Gasteiger charge is -2.32. The molecule has 1 fully saturated rings. The predicted molar refractivity (Wildman–Crippen MR) is 123 cm³/mol. The molecule has 0 N–H and O–H groups in total. The fourth-order valence-corrected chi connectivity index (χ4v) is 6.21. The highest BCUT2D eigenvalue weighted by atomic mass is 35.5. The number of ketones is 1. The normalized spacial score (nSPS) is 27.0. The Morgan fingerprint density at radius 3 is 2.36 bits per heavy atom. The quantitative estimate of drug-likeness (QED) is 0.344. The van der Waals surface area contributed by atoms with Gasteiger partial charge in [0.25, 0.3) is 5.60 Å². The number of Topliss-reactive ketones (excluding diaryl/α,β-unsaturated/α-hetero) is 1. The van der Waals surface area contributed by atoms with Gasteiger partial charge < -0.3 is 4.84 Å². The average molecular weight is 539 g/mol. The van der Waals surface area contributed by atoms with Crippen molar-refractivity contribution in [3.05, 3.63) is 68.7 Å². The average Bonchev–Trinajstić information content (AvgIpc) is 3.04. The molecule has 4 nitrogen and oxygen atoms in total.